The second-order valence-electron chi connectivity index (χ2n) is 4.43. The Labute approximate surface area is 120 Å². The molecule has 1 rings (SSSR count). The summed E-state index contributed by atoms with van der Waals surface area (Å²) >= 11 is 0. The maximum absolute atomic E-state index is 11.7. The zero-order valence-corrected chi connectivity index (χ0v) is 12.1. The average molecular weight is 280 g/mol. The van der Waals surface area contributed by atoms with Gasteiger partial charge in [0, 0.05) is 18.8 Å². The quantitative estimate of drug-likeness (QED) is 0.642. The van der Waals surface area contributed by atoms with E-state index in [1.807, 2.05) is 24.3 Å². The molecule has 0 aromatic heterocycles. The molecule has 0 heterocycles. The van der Waals surface area contributed by atoms with Crippen LogP contribution in [-0.2, 0) is 20.8 Å². The van der Waals surface area contributed by atoms with Gasteiger partial charge in [0.05, 0.1) is 13.2 Å². The number of hydrogen-bond donors (Lipinski definition) is 2. The van der Waals surface area contributed by atoms with E-state index in [0.29, 0.717) is 19.8 Å². The minimum Gasteiger partial charge on any atom is -0.379 e. The van der Waals surface area contributed by atoms with Crippen molar-refractivity contribution in [2.24, 2.45) is 5.73 Å². The molecule has 0 atom stereocenters. The van der Waals surface area contributed by atoms with Crippen molar-refractivity contribution < 1.29 is 14.3 Å². The predicted octanol–water partition coefficient (Wildman–Crippen LogP) is 1.92. The number of ether oxygens (including phenoxy) is 2. The maximum atomic E-state index is 11.7. The Morgan fingerprint density at radius 3 is 2.70 bits per heavy atom. The highest BCUT2D eigenvalue weighted by atomic mass is 16.5. The molecular formula is C15H24N2O3. The molecule has 1 aromatic carbocycles. The standard InChI is InChI=1S/C15H24N2O3/c1-2-3-8-19-9-10-20-12-15(18)17-14-7-5-4-6-13(14)11-16/h4-7H,2-3,8-12,16H2,1H3,(H,17,18). The minimum atomic E-state index is -0.181. The van der Waals surface area contributed by atoms with Crippen LogP contribution in [0.1, 0.15) is 25.3 Å². The van der Waals surface area contributed by atoms with Crippen molar-refractivity contribution in [3.63, 3.8) is 0 Å². The Morgan fingerprint density at radius 2 is 1.95 bits per heavy atom. The minimum absolute atomic E-state index is 0.0239. The molecule has 0 fully saturated rings. The maximum Gasteiger partial charge on any atom is 0.250 e. The number of nitrogens with one attached hydrogen (secondary N) is 1. The van der Waals surface area contributed by atoms with Gasteiger partial charge in [-0.2, -0.15) is 0 Å². The zero-order chi connectivity index (χ0) is 14.6. The first kappa shape index (κ1) is 16.6. The molecule has 0 radical (unpaired) electrons. The smallest absolute Gasteiger partial charge is 0.250 e. The molecule has 0 saturated heterocycles. The lowest BCUT2D eigenvalue weighted by molar-refractivity contribution is -0.121. The number of hydrogen-bond acceptors (Lipinski definition) is 4. The number of amides is 1. The van der Waals surface area contributed by atoms with E-state index >= 15 is 0 Å². The van der Waals surface area contributed by atoms with Gasteiger partial charge in [-0.15, -0.1) is 0 Å². The normalized spacial score (nSPS) is 10.5. The second-order valence-corrected chi connectivity index (χ2v) is 4.43. The van der Waals surface area contributed by atoms with Gasteiger partial charge in [-0.1, -0.05) is 31.5 Å². The Bertz CT molecular complexity index is 396. The Balaban J connectivity index is 2.17. The van der Waals surface area contributed by atoms with Crippen LogP contribution in [0.3, 0.4) is 0 Å². The summed E-state index contributed by atoms with van der Waals surface area (Å²) in [6.45, 7) is 4.22. The largest absolute Gasteiger partial charge is 0.379 e. The summed E-state index contributed by atoms with van der Waals surface area (Å²) in [6.07, 6.45) is 2.17. The van der Waals surface area contributed by atoms with Crippen molar-refractivity contribution in [1.82, 2.24) is 0 Å². The van der Waals surface area contributed by atoms with E-state index in [0.717, 1.165) is 30.7 Å². The summed E-state index contributed by atoms with van der Waals surface area (Å²) in [7, 11) is 0. The molecule has 0 bridgehead atoms. The van der Waals surface area contributed by atoms with E-state index in [4.69, 9.17) is 15.2 Å². The van der Waals surface area contributed by atoms with Crippen LogP contribution in [-0.4, -0.2) is 32.3 Å². The van der Waals surface area contributed by atoms with Gasteiger partial charge in [-0.25, -0.2) is 0 Å². The molecule has 0 aliphatic carbocycles. The van der Waals surface area contributed by atoms with Gasteiger partial charge in [0.1, 0.15) is 6.61 Å². The molecule has 0 saturated carbocycles. The van der Waals surface area contributed by atoms with Crippen LogP contribution in [0.15, 0.2) is 24.3 Å². The van der Waals surface area contributed by atoms with Gasteiger partial charge in [0.25, 0.3) is 0 Å². The van der Waals surface area contributed by atoms with Crippen molar-refractivity contribution in [3.05, 3.63) is 29.8 Å². The number of rotatable bonds is 10. The highest BCUT2D eigenvalue weighted by molar-refractivity contribution is 5.92. The number of nitrogens with two attached hydrogens (primary N) is 1. The molecule has 0 spiro atoms. The zero-order valence-electron chi connectivity index (χ0n) is 12.1. The predicted molar refractivity (Wildman–Crippen MR) is 79.5 cm³/mol. The van der Waals surface area contributed by atoms with Crippen LogP contribution in [0.4, 0.5) is 5.69 Å². The van der Waals surface area contributed by atoms with Crippen LogP contribution in [0, 0.1) is 0 Å². The third kappa shape index (κ3) is 6.65. The third-order valence-electron chi connectivity index (χ3n) is 2.76. The number of para-hydroxylation sites is 1. The van der Waals surface area contributed by atoms with E-state index in [1.54, 1.807) is 0 Å². The topological polar surface area (TPSA) is 73.6 Å². The molecule has 0 unspecified atom stereocenters. The average Bonchev–Trinajstić information content (AvgIpc) is 2.47. The number of benzene rings is 1. The van der Waals surface area contributed by atoms with Gasteiger partial charge in [0.2, 0.25) is 5.91 Å². The van der Waals surface area contributed by atoms with E-state index in [-0.39, 0.29) is 12.5 Å². The van der Waals surface area contributed by atoms with Gasteiger partial charge in [-0.05, 0) is 18.1 Å². The molecule has 0 aliphatic rings. The second kappa shape index (κ2) is 10.4. The molecule has 112 valence electrons. The molecule has 5 nitrogen and oxygen atoms in total. The third-order valence-corrected chi connectivity index (χ3v) is 2.76. The monoisotopic (exact) mass is 280 g/mol. The Morgan fingerprint density at radius 1 is 1.20 bits per heavy atom. The van der Waals surface area contributed by atoms with E-state index in [2.05, 4.69) is 12.2 Å². The molecule has 0 aliphatic heterocycles. The Kier molecular flexibility index (Phi) is 8.62. The molecular weight excluding hydrogens is 256 g/mol. The van der Waals surface area contributed by atoms with Gasteiger partial charge < -0.3 is 20.5 Å². The van der Waals surface area contributed by atoms with Crippen LogP contribution >= 0.6 is 0 Å². The lowest BCUT2D eigenvalue weighted by atomic mass is 10.2. The van der Waals surface area contributed by atoms with Crippen molar-refractivity contribution in [2.45, 2.75) is 26.3 Å². The van der Waals surface area contributed by atoms with Gasteiger partial charge >= 0.3 is 0 Å². The van der Waals surface area contributed by atoms with Crippen molar-refractivity contribution >= 4 is 11.6 Å². The molecule has 3 N–H and O–H groups in total. The highest BCUT2D eigenvalue weighted by Gasteiger charge is 2.05. The number of carbonyl (C=O) groups excluding carboxylic acids is 1. The van der Waals surface area contributed by atoms with E-state index < -0.39 is 0 Å². The summed E-state index contributed by atoms with van der Waals surface area (Å²) in [6, 6.07) is 7.46. The first-order chi connectivity index (χ1) is 9.77. The van der Waals surface area contributed by atoms with E-state index in [9.17, 15) is 4.79 Å². The fourth-order valence-corrected chi connectivity index (χ4v) is 1.64. The number of unbranched alkanes of at least 4 members (excludes halogenated alkanes) is 1. The van der Waals surface area contributed by atoms with Crippen molar-refractivity contribution in [2.75, 3.05) is 31.7 Å². The first-order valence-corrected chi connectivity index (χ1v) is 7.01. The molecule has 5 heteroatoms. The number of carbonyl (C=O) groups is 1. The summed E-state index contributed by atoms with van der Waals surface area (Å²) in [5, 5.41) is 2.79. The fraction of sp³-hybridized carbons (Fsp3) is 0.533. The van der Waals surface area contributed by atoms with E-state index in [1.165, 1.54) is 0 Å². The summed E-state index contributed by atoms with van der Waals surface area (Å²) < 4.78 is 10.6. The van der Waals surface area contributed by atoms with Crippen LogP contribution in [0.25, 0.3) is 0 Å². The number of anilines is 1. The summed E-state index contributed by atoms with van der Waals surface area (Å²) in [5.41, 5.74) is 7.25. The lowest BCUT2D eigenvalue weighted by Gasteiger charge is -2.10. The molecule has 1 amide bonds. The van der Waals surface area contributed by atoms with Crippen LogP contribution in [0.5, 0.6) is 0 Å². The molecule has 20 heavy (non-hydrogen) atoms. The highest BCUT2D eigenvalue weighted by Crippen LogP contribution is 2.13. The Hall–Kier alpha value is -1.43. The summed E-state index contributed by atoms with van der Waals surface area (Å²) in [4.78, 5) is 11.7. The first-order valence-electron chi connectivity index (χ1n) is 7.01. The van der Waals surface area contributed by atoms with Crippen LogP contribution in [0.2, 0.25) is 0 Å². The SMILES string of the molecule is CCCCOCCOCC(=O)Nc1ccccc1CN. The van der Waals surface area contributed by atoms with Gasteiger partial charge in [-0.3, -0.25) is 4.79 Å². The molecule has 1 aromatic rings. The van der Waals surface area contributed by atoms with Gasteiger partial charge in [0.15, 0.2) is 0 Å². The van der Waals surface area contributed by atoms with Crippen LogP contribution < -0.4 is 11.1 Å². The lowest BCUT2D eigenvalue weighted by Crippen LogP contribution is -2.21. The summed E-state index contributed by atoms with van der Waals surface area (Å²) in [5.74, 6) is -0.181. The fourth-order valence-electron chi connectivity index (χ4n) is 1.64. The van der Waals surface area contributed by atoms with Crippen molar-refractivity contribution in [1.29, 1.82) is 0 Å². The van der Waals surface area contributed by atoms with Crippen molar-refractivity contribution in [3.8, 4) is 0 Å².